The van der Waals surface area contributed by atoms with Gasteiger partial charge in [-0.2, -0.15) is 0 Å². The van der Waals surface area contributed by atoms with Gasteiger partial charge in [0.25, 0.3) is 0 Å². The maximum absolute atomic E-state index is 11.3. The molecule has 1 N–H and O–H groups in total. The van der Waals surface area contributed by atoms with E-state index >= 15 is 0 Å². The largest absolute Gasteiger partial charge is 0.491 e. The minimum absolute atomic E-state index is 0.319. The molecule has 0 bridgehead atoms. The lowest BCUT2D eigenvalue weighted by atomic mass is 10.3. The zero-order valence-corrected chi connectivity index (χ0v) is 9.30. The summed E-state index contributed by atoms with van der Waals surface area (Å²) in [7, 11) is -3.14. The van der Waals surface area contributed by atoms with Crippen LogP contribution in [0.1, 0.15) is 6.42 Å². The molecule has 0 unspecified atom stereocenters. The zero-order chi connectivity index (χ0) is 10.9. The maximum Gasteiger partial charge on any atom is 0.175 e. The third-order valence-electron chi connectivity index (χ3n) is 2.27. The van der Waals surface area contributed by atoms with E-state index in [1.165, 1.54) is 6.26 Å². The molecule has 0 amide bonds. The summed E-state index contributed by atoms with van der Waals surface area (Å²) in [5.41, 5.74) is 0.760. The standard InChI is InChI=1S/C10H13NO3S/c1-15(12,13)8-3-4-10-9(7-8)11-5-2-6-14-10/h3-4,7,11H,2,5-6H2,1H3. The Morgan fingerprint density at radius 2 is 2.20 bits per heavy atom. The van der Waals surface area contributed by atoms with Crippen LogP contribution in [0.3, 0.4) is 0 Å². The molecule has 0 saturated heterocycles. The van der Waals surface area contributed by atoms with Crippen molar-refractivity contribution < 1.29 is 13.2 Å². The third kappa shape index (κ3) is 2.23. The van der Waals surface area contributed by atoms with E-state index in [9.17, 15) is 8.42 Å². The lowest BCUT2D eigenvalue weighted by Crippen LogP contribution is -2.01. The van der Waals surface area contributed by atoms with Gasteiger partial charge in [0.05, 0.1) is 17.2 Å². The van der Waals surface area contributed by atoms with E-state index in [4.69, 9.17) is 4.74 Å². The van der Waals surface area contributed by atoms with Crippen molar-refractivity contribution in [2.75, 3.05) is 24.7 Å². The Balaban J connectivity index is 2.45. The summed E-state index contributed by atoms with van der Waals surface area (Å²) in [4.78, 5) is 0.319. The molecule has 1 aromatic rings. The lowest BCUT2D eigenvalue weighted by molar-refractivity contribution is 0.323. The first-order chi connectivity index (χ1) is 7.07. The molecule has 0 radical (unpaired) electrons. The highest BCUT2D eigenvalue weighted by Gasteiger charge is 2.13. The smallest absolute Gasteiger partial charge is 0.175 e. The molecule has 0 spiro atoms. The van der Waals surface area contributed by atoms with E-state index < -0.39 is 9.84 Å². The van der Waals surface area contributed by atoms with E-state index in [-0.39, 0.29) is 0 Å². The Labute approximate surface area is 89.2 Å². The first-order valence-corrected chi connectivity index (χ1v) is 6.67. The van der Waals surface area contributed by atoms with Crippen LogP contribution in [0, 0.1) is 0 Å². The van der Waals surface area contributed by atoms with Crippen LogP contribution in [-0.2, 0) is 9.84 Å². The molecular formula is C10H13NO3S. The number of hydrogen-bond acceptors (Lipinski definition) is 4. The van der Waals surface area contributed by atoms with Gasteiger partial charge in [0.15, 0.2) is 9.84 Å². The SMILES string of the molecule is CS(=O)(=O)c1ccc2c(c1)NCCCO2. The predicted octanol–water partition coefficient (Wildman–Crippen LogP) is 1.28. The molecule has 0 aliphatic carbocycles. The Morgan fingerprint density at radius 1 is 1.40 bits per heavy atom. The molecule has 5 heteroatoms. The Bertz CT molecular complexity index is 468. The number of benzene rings is 1. The van der Waals surface area contributed by atoms with Crippen LogP contribution in [-0.4, -0.2) is 27.8 Å². The molecule has 0 saturated carbocycles. The summed E-state index contributed by atoms with van der Waals surface area (Å²) in [6.45, 7) is 1.47. The molecule has 4 nitrogen and oxygen atoms in total. The molecule has 1 aromatic carbocycles. The van der Waals surface area contributed by atoms with Gasteiger partial charge in [0.2, 0.25) is 0 Å². The first-order valence-electron chi connectivity index (χ1n) is 4.78. The van der Waals surface area contributed by atoms with E-state index in [1.807, 2.05) is 0 Å². The van der Waals surface area contributed by atoms with E-state index in [0.717, 1.165) is 24.4 Å². The van der Waals surface area contributed by atoms with Crippen molar-refractivity contribution in [1.82, 2.24) is 0 Å². The number of nitrogens with one attached hydrogen (secondary N) is 1. The van der Waals surface area contributed by atoms with Gasteiger partial charge in [-0.05, 0) is 24.6 Å². The van der Waals surface area contributed by atoms with Gasteiger partial charge in [0, 0.05) is 12.8 Å². The summed E-state index contributed by atoms with van der Waals surface area (Å²) in [6.07, 6.45) is 2.12. The second-order valence-corrected chi connectivity index (χ2v) is 5.57. The lowest BCUT2D eigenvalue weighted by Gasteiger charge is -2.08. The number of rotatable bonds is 1. The number of ether oxygens (including phenoxy) is 1. The molecule has 1 heterocycles. The van der Waals surface area contributed by atoms with Crippen LogP contribution in [0.4, 0.5) is 5.69 Å². The van der Waals surface area contributed by atoms with Crippen molar-refractivity contribution in [2.45, 2.75) is 11.3 Å². The minimum Gasteiger partial charge on any atom is -0.491 e. The fourth-order valence-electron chi connectivity index (χ4n) is 1.48. The topological polar surface area (TPSA) is 55.4 Å². The van der Waals surface area contributed by atoms with Gasteiger partial charge in [-0.25, -0.2) is 8.42 Å². The molecular weight excluding hydrogens is 214 g/mol. The quantitative estimate of drug-likeness (QED) is 0.785. The molecule has 2 rings (SSSR count). The van der Waals surface area contributed by atoms with Crippen molar-refractivity contribution in [3.8, 4) is 5.75 Å². The second kappa shape index (κ2) is 3.73. The average Bonchev–Trinajstić information content (AvgIpc) is 2.39. The molecule has 0 atom stereocenters. The van der Waals surface area contributed by atoms with Crippen molar-refractivity contribution >= 4 is 15.5 Å². The number of fused-ring (bicyclic) bond motifs is 1. The monoisotopic (exact) mass is 227 g/mol. The fourth-order valence-corrected chi connectivity index (χ4v) is 2.13. The van der Waals surface area contributed by atoms with Crippen molar-refractivity contribution in [2.24, 2.45) is 0 Å². The minimum atomic E-state index is -3.14. The van der Waals surface area contributed by atoms with Crippen molar-refractivity contribution in [3.05, 3.63) is 18.2 Å². The average molecular weight is 227 g/mol. The maximum atomic E-state index is 11.3. The van der Waals surface area contributed by atoms with Gasteiger partial charge in [-0.15, -0.1) is 0 Å². The number of sulfone groups is 1. The Kier molecular flexibility index (Phi) is 2.56. The Hall–Kier alpha value is -1.23. The van der Waals surface area contributed by atoms with Crippen LogP contribution in [0.5, 0.6) is 5.75 Å². The fraction of sp³-hybridized carbons (Fsp3) is 0.400. The molecule has 1 aliphatic heterocycles. The van der Waals surface area contributed by atoms with Gasteiger partial charge < -0.3 is 10.1 Å². The van der Waals surface area contributed by atoms with Crippen molar-refractivity contribution in [1.29, 1.82) is 0 Å². The van der Waals surface area contributed by atoms with Crippen LogP contribution in [0.2, 0.25) is 0 Å². The van der Waals surface area contributed by atoms with Gasteiger partial charge >= 0.3 is 0 Å². The van der Waals surface area contributed by atoms with Crippen LogP contribution < -0.4 is 10.1 Å². The van der Waals surface area contributed by atoms with Crippen LogP contribution in [0.15, 0.2) is 23.1 Å². The third-order valence-corrected chi connectivity index (χ3v) is 3.38. The summed E-state index contributed by atoms with van der Waals surface area (Å²) in [5.74, 6) is 0.722. The van der Waals surface area contributed by atoms with Crippen LogP contribution >= 0.6 is 0 Å². The van der Waals surface area contributed by atoms with E-state index in [0.29, 0.717) is 11.5 Å². The van der Waals surface area contributed by atoms with Gasteiger partial charge in [-0.1, -0.05) is 0 Å². The summed E-state index contributed by atoms with van der Waals surface area (Å²) < 4.78 is 28.1. The predicted molar refractivity (Wildman–Crippen MR) is 58.2 cm³/mol. The zero-order valence-electron chi connectivity index (χ0n) is 8.49. The summed E-state index contributed by atoms with van der Waals surface area (Å²) in [6, 6.07) is 4.89. The Morgan fingerprint density at radius 3 is 2.93 bits per heavy atom. The van der Waals surface area contributed by atoms with E-state index in [2.05, 4.69) is 5.32 Å². The molecule has 1 aliphatic rings. The second-order valence-electron chi connectivity index (χ2n) is 3.56. The van der Waals surface area contributed by atoms with E-state index in [1.54, 1.807) is 18.2 Å². The highest BCUT2D eigenvalue weighted by Crippen LogP contribution is 2.29. The summed E-state index contributed by atoms with van der Waals surface area (Å²) >= 11 is 0. The number of anilines is 1. The van der Waals surface area contributed by atoms with Gasteiger partial charge in [-0.3, -0.25) is 0 Å². The molecule has 82 valence electrons. The first kappa shape index (κ1) is 10.3. The summed E-state index contributed by atoms with van der Waals surface area (Å²) in [5, 5.41) is 3.15. The molecule has 15 heavy (non-hydrogen) atoms. The number of hydrogen-bond donors (Lipinski definition) is 1. The van der Waals surface area contributed by atoms with Crippen LogP contribution in [0.25, 0.3) is 0 Å². The van der Waals surface area contributed by atoms with Crippen molar-refractivity contribution in [3.63, 3.8) is 0 Å². The van der Waals surface area contributed by atoms with Gasteiger partial charge in [0.1, 0.15) is 5.75 Å². The molecule has 0 aromatic heterocycles. The highest BCUT2D eigenvalue weighted by molar-refractivity contribution is 7.90. The molecule has 0 fully saturated rings. The highest BCUT2D eigenvalue weighted by atomic mass is 32.2. The normalized spacial score (nSPS) is 15.8.